The highest BCUT2D eigenvalue weighted by molar-refractivity contribution is 6.39. The van der Waals surface area contributed by atoms with Gasteiger partial charge in [-0.1, -0.05) is 54.6 Å². The number of hydrogen-bond acceptors (Lipinski definition) is 4. The zero-order valence-electron chi connectivity index (χ0n) is 16.2. The van der Waals surface area contributed by atoms with Gasteiger partial charge in [0.15, 0.2) is 0 Å². The summed E-state index contributed by atoms with van der Waals surface area (Å²) in [6, 6.07) is 20.8. The minimum atomic E-state index is -0.998. The normalized spacial score (nSPS) is 15.2. The summed E-state index contributed by atoms with van der Waals surface area (Å²) in [5.41, 5.74) is 1.07. The maximum absolute atomic E-state index is 14.1. The lowest BCUT2D eigenvalue weighted by atomic mass is 10.1. The molecule has 1 aliphatic rings. The van der Waals surface area contributed by atoms with Crippen molar-refractivity contribution >= 4 is 29.6 Å². The average molecular weight is 416 g/mol. The average Bonchev–Trinajstić information content (AvgIpc) is 2.78. The van der Waals surface area contributed by atoms with Crippen molar-refractivity contribution in [3.05, 3.63) is 101 Å². The predicted molar refractivity (Wildman–Crippen MR) is 113 cm³/mol. The molecule has 4 rings (SSSR count). The molecule has 0 unspecified atom stereocenters. The number of rotatable bonds is 5. The Morgan fingerprint density at radius 2 is 1.55 bits per heavy atom. The van der Waals surface area contributed by atoms with Crippen molar-refractivity contribution in [2.75, 3.05) is 4.90 Å². The maximum atomic E-state index is 14.1. The van der Waals surface area contributed by atoms with Crippen molar-refractivity contribution in [1.29, 1.82) is 0 Å². The van der Waals surface area contributed by atoms with Crippen LogP contribution >= 0.6 is 0 Å². The number of carbonyl (C=O) groups is 3. The molecule has 3 aromatic carbocycles. The fourth-order valence-electron chi connectivity index (χ4n) is 3.08. The van der Waals surface area contributed by atoms with Crippen LogP contribution in [0, 0.1) is 5.82 Å². The van der Waals surface area contributed by atoms with Gasteiger partial charge in [-0.3, -0.25) is 14.9 Å². The van der Waals surface area contributed by atoms with E-state index in [-0.39, 0.29) is 11.3 Å². The van der Waals surface area contributed by atoms with Crippen molar-refractivity contribution in [3.8, 4) is 5.75 Å². The zero-order valence-corrected chi connectivity index (χ0v) is 16.2. The molecule has 6 nitrogen and oxygen atoms in total. The third-order valence-corrected chi connectivity index (χ3v) is 4.63. The van der Waals surface area contributed by atoms with Crippen LogP contribution in [0.4, 0.5) is 14.9 Å². The Labute approximate surface area is 177 Å². The van der Waals surface area contributed by atoms with Crippen LogP contribution in [0.5, 0.6) is 5.75 Å². The number of anilines is 1. The summed E-state index contributed by atoms with van der Waals surface area (Å²) >= 11 is 0. The molecule has 1 aliphatic heterocycles. The van der Waals surface area contributed by atoms with Crippen molar-refractivity contribution in [3.63, 3.8) is 0 Å². The number of para-hydroxylation sites is 1. The molecule has 0 aliphatic carbocycles. The fraction of sp³-hybridized carbons (Fsp3) is 0.0417. The van der Waals surface area contributed by atoms with Gasteiger partial charge in [0, 0.05) is 0 Å². The second-order valence-electron chi connectivity index (χ2n) is 6.75. The number of halogens is 1. The molecule has 1 fully saturated rings. The third kappa shape index (κ3) is 4.35. The fourth-order valence-corrected chi connectivity index (χ4v) is 3.08. The number of hydrogen-bond donors (Lipinski definition) is 1. The first-order chi connectivity index (χ1) is 15.0. The number of benzene rings is 3. The van der Waals surface area contributed by atoms with Crippen LogP contribution < -0.4 is 15.0 Å². The van der Waals surface area contributed by atoms with Gasteiger partial charge in [0.2, 0.25) is 0 Å². The van der Waals surface area contributed by atoms with Gasteiger partial charge in [0.1, 0.15) is 23.7 Å². The Balaban J connectivity index is 1.54. The molecular formula is C24H17FN2O4. The van der Waals surface area contributed by atoms with Crippen LogP contribution in [0.25, 0.3) is 6.08 Å². The molecule has 0 radical (unpaired) electrons. The van der Waals surface area contributed by atoms with Crippen molar-refractivity contribution in [1.82, 2.24) is 5.32 Å². The van der Waals surface area contributed by atoms with Crippen molar-refractivity contribution < 1.29 is 23.5 Å². The standard InChI is InChI=1S/C24H17FN2O4/c25-20-8-4-5-9-21(20)27-23(29)19(22(28)26-24(27)30)14-16-10-12-18(13-11-16)31-15-17-6-2-1-3-7-17/h1-14H,15H2,(H,26,28,30). The SMILES string of the molecule is O=C1NC(=O)N(c2ccccc2F)C(=O)C1=Cc1ccc(OCc2ccccc2)cc1. The van der Waals surface area contributed by atoms with Gasteiger partial charge in [-0.2, -0.15) is 0 Å². The number of carbonyl (C=O) groups excluding carboxylic acids is 3. The number of nitrogens with zero attached hydrogens (tertiary/aromatic N) is 1. The first-order valence-corrected chi connectivity index (χ1v) is 9.46. The lowest BCUT2D eigenvalue weighted by Gasteiger charge is -2.26. The van der Waals surface area contributed by atoms with E-state index in [4.69, 9.17) is 4.74 Å². The van der Waals surface area contributed by atoms with Gasteiger partial charge in [-0.15, -0.1) is 0 Å². The number of urea groups is 1. The minimum absolute atomic E-state index is 0.229. The minimum Gasteiger partial charge on any atom is -0.489 e. The Morgan fingerprint density at radius 1 is 0.871 bits per heavy atom. The van der Waals surface area contributed by atoms with Crippen LogP contribution in [-0.4, -0.2) is 17.8 Å². The summed E-state index contributed by atoms with van der Waals surface area (Å²) in [6.45, 7) is 0.405. The highest BCUT2D eigenvalue weighted by atomic mass is 19.1. The summed E-state index contributed by atoms with van der Waals surface area (Å²) in [5, 5.41) is 2.07. The van der Waals surface area contributed by atoms with Gasteiger partial charge < -0.3 is 4.74 Å². The van der Waals surface area contributed by atoms with Crippen LogP contribution in [0.15, 0.2) is 84.4 Å². The van der Waals surface area contributed by atoms with E-state index < -0.39 is 23.7 Å². The summed E-state index contributed by atoms with van der Waals surface area (Å²) in [4.78, 5) is 37.8. The van der Waals surface area contributed by atoms with E-state index in [1.807, 2.05) is 30.3 Å². The number of ether oxygens (including phenoxy) is 1. The number of nitrogens with one attached hydrogen (secondary N) is 1. The van der Waals surface area contributed by atoms with Gasteiger partial charge in [-0.05, 0) is 41.5 Å². The third-order valence-electron chi connectivity index (χ3n) is 4.63. The lowest BCUT2D eigenvalue weighted by molar-refractivity contribution is -0.122. The second kappa shape index (κ2) is 8.62. The van der Waals surface area contributed by atoms with Gasteiger partial charge in [-0.25, -0.2) is 14.1 Å². The van der Waals surface area contributed by atoms with Crippen molar-refractivity contribution in [2.24, 2.45) is 0 Å². The van der Waals surface area contributed by atoms with E-state index in [1.54, 1.807) is 24.3 Å². The molecule has 0 spiro atoms. The smallest absolute Gasteiger partial charge is 0.336 e. The Kier molecular flexibility index (Phi) is 5.57. The summed E-state index contributed by atoms with van der Waals surface area (Å²) in [7, 11) is 0. The summed E-state index contributed by atoms with van der Waals surface area (Å²) < 4.78 is 19.8. The highest BCUT2D eigenvalue weighted by Gasteiger charge is 2.37. The quantitative estimate of drug-likeness (QED) is 0.503. The summed E-state index contributed by atoms with van der Waals surface area (Å²) in [6.07, 6.45) is 1.35. The number of amides is 4. The topological polar surface area (TPSA) is 75.7 Å². The van der Waals surface area contributed by atoms with E-state index in [0.29, 0.717) is 22.8 Å². The molecule has 31 heavy (non-hydrogen) atoms. The van der Waals surface area contributed by atoms with E-state index in [2.05, 4.69) is 5.32 Å². The van der Waals surface area contributed by atoms with Crippen molar-refractivity contribution in [2.45, 2.75) is 6.61 Å². The molecule has 7 heteroatoms. The molecule has 1 saturated heterocycles. The molecular weight excluding hydrogens is 399 g/mol. The molecule has 1 N–H and O–H groups in total. The predicted octanol–water partition coefficient (Wildman–Crippen LogP) is 4.07. The van der Waals surface area contributed by atoms with Crippen LogP contribution in [0.3, 0.4) is 0 Å². The maximum Gasteiger partial charge on any atom is 0.336 e. The zero-order chi connectivity index (χ0) is 21.8. The van der Waals surface area contributed by atoms with E-state index in [1.165, 1.54) is 24.3 Å². The first-order valence-electron chi connectivity index (χ1n) is 9.46. The molecule has 154 valence electrons. The molecule has 0 aromatic heterocycles. The monoisotopic (exact) mass is 416 g/mol. The van der Waals surface area contributed by atoms with E-state index in [9.17, 15) is 18.8 Å². The second-order valence-corrected chi connectivity index (χ2v) is 6.75. The van der Waals surface area contributed by atoms with E-state index >= 15 is 0 Å². The Hall–Kier alpha value is -4.26. The van der Waals surface area contributed by atoms with Gasteiger partial charge in [0.05, 0.1) is 5.69 Å². The van der Waals surface area contributed by atoms with E-state index in [0.717, 1.165) is 11.6 Å². The molecule has 4 amide bonds. The van der Waals surface area contributed by atoms with Crippen LogP contribution in [0.2, 0.25) is 0 Å². The molecule has 0 saturated carbocycles. The largest absolute Gasteiger partial charge is 0.489 e. The Morgan fingerprint density at radius 3 is 2.26 bits per heavy atom. The number of imide groups is 2. The van der Waals surface area contributed by atoms with Gasteiger partial charge >= 0.3 is 6.03 Å². The molecule has 1 heterocycles. The lowest BCUT2D eigenvalue weighted by Crippen LogP contribution is -2.54. The first kappa shape index (κ1) is 20.0. The van der Waals surface area contributed by atoms with Crippen LogP contribution in [-0.2, 0) is 16.2 Å². The summed E-state index contributed by atoms with van der Waals surface area (Å²) in [5.74, 6) is -1.87. The van der Waals surface area contributed by atoms with Gasteiger partial charge in [0.25, 0.3) is 11.8 Å². The number of barbiturate groups is 1. The van der Waals surface area contributed by atoms with Crippen LogP contribution in [0.1, 0.15) is 11.1 Å². The molecule has 0 atom stereocenters. The highest BCUT2D eigenvalue weighted by Crippen LogP contribution is 2.25. The molecule has 3 aromatic rings. The Bertz CT molecular complexity index is 1170. The molecule has 0 bridgehead atoms.